The van der Waals surface area contributed by atoms with Gasteiger partial charge in [0.25, 0.3) is 0 Å². The maximum atomic E-state index is 11.7. The monoisotopic (exact) mass is 288 g/mol. The van der Waals surface area contributed by atoms with Crippen LogP contribution in [0.5, 0.6) is 5.75 Å². The highest BCUT2D eigenvalue weighted by molar-refractivity contribution is 5.74. The number of anilines is 1. The first-order valence-corrected chi connectivity index (χ1v) is 5.86. The van der Waals surface area contributed by atoms with E-state index in [1.807, 2.05) is 0 Å². The van der Waals surface area contributed by atoms with Crippen LogP contribution in [0, 0.1) is 0 Å². The first kappa shape index (κ1) is 14.2. The number of amides is 2. The predicted octanol–water partition coefficient (Wildman–Crippen LogP) is 2.11. The van der Waals surface area contributed by atoms with Crippen LogP contribution in [-0.2, 0) is 4.79 Å². The Morgan fingerprint density at radius 1 is 1.43 bits per heavy atom. The van der Waals surface area contributed by atoms with Crippen LogP contribution in [0.3, 0.4) is 0 Å². The van der Waals surface area contributed by atoms with Gasteiger partial charge in [0.15, 0.2) is 11.6 Å². The van der Waals surface area contributed by atoms with Crippen LogP contribution >= 0.6 is 0 Å². The van der Waals surface area contributed by atoms with E-state index in [9.17, 15) is 9.59 Å². The molecule has 0 spiro atoms. The second-order valence-corrected chi connectivity index (χ2v) is 3.76. The highest BCUT2D eigenvalue weighted by Crippen LogP contribution is 2.19. The lowest BCUT2D eigenvalue weighted by Gasteiger charge is -2.09. The standard InChI is InChI=1S/C12H12N6O3/c1-18(12(20)21-9-5-3-2-4-6-9)17-16-11-10(15-8-19)13-7-14-11/h2-8H,1H3,(H,13,14)(H,15,19). The molecular formula is C12H12N6O3. The van der Waals surface area contributed by atoms with Crippen molar-refractivity contribution in [1.29, 1.82) is 0 Å². The number of H-pyrrole nitrogens is 1. The van der Waals surface area contributed by atoms with E-state index < -0.39 is 6.09 Å². The molecule has 0 radical (unpaired) electrons. The Balaban J connectivity index is 1.98. The minimum absolute atomic E-state index is 0.207. The van der Waals surface area contributed by atoms with Crippen molar-refractivity contribution in [3.8, 4) is 5.75 Å². The minimum Gasteiger partial charge on any atom is -0.409 e. The van der Waals surface area contributed by atoms with Crippen LogP contribution in [0.1, 0.15) is 0 Å². The van der Waals surface area contributed by atoms with Gasteiger partial charge in [0.05, 0.1) is 6.33 Å². The van der Waals surface area contributed by atoms with Crippen LogP contribution in [-0.4, -0.2) is 34.5 Å². The highest BCUT2D eigenvalue weighted by atomic mass is 16.6. The fraction of sp³-hybridized carbons (Fsp3) is 0.0833. The fourth-order valence-electron chi connectivity index (χ4n) is 1.33. The molecular weight excluding hydrogens is 276 g/mol. The third kappa shape index (κ3) is 3.86. The Hall–Kier alpha value is -3.23. The van der Waals surface area contributed by atoms with E-state index in [1.165, 1.54) is 13.4 Å². The summed E-state index contributed by atoms with van der Waals surface area (Å²) in [4.78, 5) is 28.6. The fourth-order valence-corrected chi connectivity index (χ4v) is 1.33. The van der Waals surface area contributed by atoms with E-state index in [0.717, 1.165) is 5.01 Å². The van der Waals surface area contributed by atoms with E-state index in [0.29, 0.717) is 12.2 Å². The number of carbonyl (C=O) groups excluding carboxylic acids is 2. The molecule has 2 amide bonds. The van der Waals surface area contributed by atoms with Crippen molar-refractivity contribution < 1.29 is 14.3 Å². The SMILES string of the molecule is CN(N=Nc1[nH]cnc1NC=O)C(=O)Oc1ccccc1. The second kappa shape index (κ2) is 6.80. The number of aromatic nitrogens is 2. The van der Waals surface area contributed by atoms with Crippen LogP contribution in [0.15, 0.2) is 47.0 Å². The van der Waals surface area contributed by atoms with Gasteiger partial charge in [-0.2, -0.15) is 5.01 Å². The summed E-state index contributed by atoms with van der Waals surface area (Å²) >= 11 is 0. The van der Waals surface area contributed by atoms with Crippen LogP contribution in [0.2, 0.25) is 0 Å². The molecule has 0 atom stereocenters. The van der Waals surface area contributed by atoms with Crippen LogP contribution in [0.4, 0.5) is 16.4 Å². The molecule has 0 unspecified atom stereocenters. The van der Waals surface area contributed by atoms with Crippen LogP contribution < -0.4 is 10.1 Å². The number of imidazole rings is 1. The lowest BCUT2D eigenvalue weighted by atomic mass is 10.3. The van der Waals surface area contributed by atoms with Crippen molar-refractivity contribution in [3.63, 3.8) is 0 Å². The number of nitrogens with one attached hydrogen (secondary N) is 2. The third-order valence-electron chi connectivity index (χ3n) is 2.31. The maximum Gasteiger partial charge on any atom is 0.436 e. The molecule has 0 saturated heterocycles. The van der Waals surface area contributed by atoms with Gasteiger partial charge in [-0.15, -0.1) is 5.11 Å². The van der Waals surface area contributed by atoms with Gasteiger partial charge in [0.2, 0.25) is 6.41 Å². The number of ether oxygens (including phenoxy) is 1. The van der Waals surface area contributed by atoms with E-state index >= 15 is 0 Å². The Labute approximate surface area is 119 Å². The normalized spacial score (nSPS) is 10.3. The summed E-state index contributed by atoms with van der Waals surface area (Å²) < 4.78 is 5.06. The zero-order valence-corrected chi connectivity index (χ0v) is 11.1. The smallest absolute Gasteiger partial charge is 0.409 e. The summed E-state index contributed by atoms with van der Waals surface area (Å²) in [6.07, 6.45) is 1.10. The number of para-hydroxylation sites is 1. The van der Waals surface area contributed by atoms with Gasteiger partial charge in [-0.3, -0.25) is 4.79 Å². The lowest BCUT2D eigenvalue weighted by molar-refractivity contribution is -0.105. The first-order valence-electron chi connectivity index (χ1n) is 5.86. The molecule has 0 saturated carbocycles. The molecule has 2 rings (SSSR count). The predicted molar refractivity (Wildman–Crippen MR) is 73.0 cm³/mol. The summed E-state index contributed by atoms with van der Waals surface area (Å²) in [6.45, 7) is 0. The summed E-state index contributed by atoms with van der Waals surface area (Å²) in [5, 5.41) is 10.7. The molecule has 0 aliphatic rings. The van der Waals surface area contributed by atoms with Crippen molar-refractivity contribution in [2.75, 3.05) is 12.4 Å². The Kier molecular flexibility index (Phi) is 4.59. The van der Waals surface area contributed by atoms with Gasteiger partial charge in [-0.05, 0) is 12.1 Å². The molecule has 2 N–H and O–H groups in total. The molecule has 108 valence electrons. The van der Waals surface area contributed by atoms with E-state index in [-0.39, 0.29) is 11.6 Å². The maximum absolute atomic E-state index is 11.7. The van der Waals surface area contributed by atoms with Crippen molar-refractivity contribution in [3.05, 3.63) is 36.7 Å². The number of aromatic amines is 1. The van der Waals surface area contributed by atoms with Crippen molar-refractivity contribution in [2.24, 2.45) is 10.3 Å². The number of benzene rings is 1. The molecule has 21 heavy (non-hydrogen) atoms. The van der Waals surface area contributed by atoms with E-state index in [1.54, 1.807) is 30.3 Å². The molecule has 0 bridgehead atoms. The Bertz CT molecular complexity index is 639. The van der Waals surface area contributed by atoms with E-state index in [2.05, 4.69) is 25.6 Å². The second-order valence-electron chi connectivity index (χ2n) is 3.76. The molecule has 1 heterocycles. The summed E-state index contributed by atoms with van der Waals surface area (Å²) in [7, 11) is 1.39. The van der Waals surface area contributed by atoms with Crippen LogP contribution in [0.25, 0.3) is 0 Å². The van der Waals surface area contributed by atoms with E-state index in [4.69, 9.17) is 4.74 Å². The minimum atomic E-state index is -0.700. The van der Waals surface area contributed by atoms with Crippen molar-refractivity contribution in [2.45, 2.75) is 0 Å². The lowest BCUT2D eigenvalue weighted by Crippen LogP contribution is -2.24. The van der Waals surface area contributed by atoms with Gasteiger partial charge >= 0.3 is 6.09 Å². The summed E-state index contributed by atoms with van der Waals surface area (Å²) in [5.41, 5.74) is 0. The summed E-state index contributed by atoms with van der Waals surface area (Å²) in [6, 6.07) is 8.58. The van der Waals surface area contributed by atoms with Gasteiger partial charge in [0.1, 0.15) is 5.75 Å². The van der Waals surface area contributed by atoms with Crippen molar-refractivity contribution >= 4 is 24.1 Å². The molecule has 2 aromatic rings. The quantitative estimate of drug-likeness (QED) is 0.498. The molecule has 9 nitrogen and oxygen atoms in total. The largest absolute Gasteiger partial charge is 0.436 e. The molecule has 0 aliphatic carbocycles. The average molecular weight is 288 g/mol. The molecule has 1 aromatic heterocycles. The molecule has 0 fully saturated rings. The third-order valence-corrected chi connectivity index (χ3v) is 2.31. The molecule has 9 heteroatoms. The Morgan fingerprint density at radius 3 is 2.90 bits per heavy atom. The number of carbonyl (C=O) groups is 2. The zero-order chi connectivity index (χ0) is 15.1. The molecule has 0 aliphatic heterocycles. The van der Waals surface area contributed by atoms with Gasteiger partial charge < -0.3 is 15.0 Å². The van der Waals surface area contributed by atoms with Crippen molar-refractivity contribution in [1.82, 2.24) is 15.0 Å². The average Bonchev–Trinajstić information content (AvgIpc) is 2.93. The number of rotatable bonds is 5. The van der Waals surface area contributed by atoms with Gasteiger partial charge in [-0.1, -0.05) is 23.4 Å². The summed E-state index contributed by atoms with van der Waals surface area (Å²) in [5.74, 6) is 0.814. The number of hydrogen-bond acceptors (Lipinski definition) is 6. The topological polar surface area (TPSA) is 112 Å². The Morgan fingerprint density at radius 2 is 2.19 bits per heavy atom. The van der Waals surface area contributed by atoms with Gasteiger partial charge in [-0.25, -0.2) is 9.78 Å². The number of hydrogen-bond donors (Lipinski definition) is 2. The zero-order valence-electron chi connectivity index (χ0n) is 11.1. The molecule has 1 aromatic carbocycles. The van der Waals surface area contributed by atoms with Gasteiger partial charge in [0, 0.05) is 7.05 Å². The highest BCUT2D eigenvalue weighted by Gasteiger charge is 2.11. The first-order chi connectivity index (χ1) is 10.2. The number of nitrogens with zero attached hydrogens (tertiary/aromatic N) is 4.